The van der Waals surface area contributed by atoms with Crippen molar-refractivity contribution in [3.63, 3.8) is 0 Å². The van der Waals surface area contributed by atoms with Crippen molar-refractivity contribution in [3.05, 3.63) is 23.8 Å². The molecule has 1 aliphatic rings. The molecule has 20 heavy (non-hydrogen) atoms. The molecule has 0 bridgehead atoms. The fraction of sp³-hybridized carbons (Fsp3) is 0.625. The van der Waals surface area contributed by atoms with Gasteiger partial charge >= 0.3 is 0 Å². The molecule has 1 aliphatic heterocycles. The summed E-state index contributed by atoms with van der Waals surface area (Å²) in [5.74, 6) is 0.940. The van der Waals surface area contributed by atoms with Crippen LogP contribution in [0.2, 0.25) is 0 Å². The molecule has 3 unspecified atom stereocenters. The fourth-order valence-corrected chi connectivity index (χ4v) is 2.57. The van der Waals surface area contributed by atoms with Crippen LogP contribution in [0.5, 0.6) is 5.75 Å². The van der Waals surface area contributed by atoms with Crippen molar-refractivity contribution in [2.45, 2.75) is 51.8 Å². The van der Waals surface area contributed by atoms with Crippen molar-refractivity contribution < 1.29 is 9.84 Å². The van der Waals surface area contributed by atoms with Gasteiger partial charge in [0.15, 0.2) is 0 Å². The van der Waals surface area contributed by atoms with Gasteiger partial charge in [-0.05, 0) is 44.4 Å². The molecule has 3 atom stereocenters. The first-order chi connectivity index (χ1) is 9.62. The number of hydrogen-bond acceptors (Lipinski definition) is 4. The lowest BCUT2D eigenvalue weighted by Crippen LogP contribution is -2.39. The number of anilines is 1. The first kappa shape index (κ1) is 15.1. The number of fused-ring (bicyclic) bond motifs is 1. The van der Waals surface area contributed by atoms with Gasteiger partial charge in [-0.2, -0.15) is 0 Å². The van der Waals surface area contributed by atoms with Gasteiger partial charge in [0.05, 0.1) is 18.8 Å². The van der Waals surface area contributed by atoms with Crippen molar-refractivity contribution in [2.75, 3.05) is 18.5 Å². The maximum atomic E-state index is 9.23. The maximum absolute atomic E-state index is 9.23. The topological polar surface area (TPSA) is 53.5 Å². The van der Waals surface area contributed by atoms with Gasteiger partial charge in [-0.25, -0.2) is 0 Å². The molecule has 0 fully saturated rings. The quantitative estimate of drug-likeness (QED) is 0.746. The van der Waals surface area contributed by atoms with E-state index in [-0.39, 0.29) is 18.8 Å². The third kappa shape index (κ3) is 3.87. The molecule has 1 heterocycles. The average molecular weight is 278 g/mol. The van der Waals surface area contributed by atoms with Gasteiger partial charge in [-0.15, -0.1) is 0 Å². The van der Waals surface area contributed by atoms with E-state index in [1.165, 1.54) is 5.56 Å². The summed E-state index contributed by atoms with van der Waals surface area (Å²) in [4.78, 5) is 0. The highest BCUT2D eigenvalue weighted by molar-refractivity contribution is 5.59. The lowest BCUT2D eigenvalue weighted by molar-refractivity contribution is 0.225. The first-order valence-electron chi connectivity index (χ1n) is 7.52. The van der Waals surface area contributed by atoms with Gasteiger partial charge in [0, 0.05) is 12.1 Å². The largest absolute Gasteiger partial charge is 0.487 e. The lowest BCUT2D eigenvalue weighted by atomic mass is 10.0. The summed E-state index contributed by atoms with van der Waals surface area (Å²) >= 11 is 0. The standard InChI is InChI=1S/C16H26N2O2/c1-4-14(10-19)18-11(2)7-13-5-6-16-15(8-13)17-9-12(3)20-16/h5-6,8,11-12,14,17-19H,4,7,9-10H2,1-3H3. The van der Waals surface area contributed by atoms with Gasteiger partial charge in [0.2, 0.25) is 0 Å². The van der Waals surface area contributed by atoms with E-state index in [2.05, 4.69) is 43.5 Å². The Kier molecular flexibility index (Phi) is 5.26. The molecule has 1 aromatic carbocycles. The Balaban J connectivity index is 1.96. The monoisotopic (exact) mass is 278 g/mol. The molecule has 3 N–H and O–H groups in total. The smallest absolute Gasteiger partial charge is 0.142 e. The second-order valence-corrected chi connectivity index (χ2v) is 5.70. The molecule has 0 amide bonds. The number of aliphatic hydroxyl groups is 1. The summed E-state index contributed by atoms with van der Waals surface area (Å²) in [6.07, 6.45) is 2.11. The molecule has 0 spiro atoms. The molecule has 112 valence electrons. The molecule has 1 aromatic rings. The molecule has 0 radical (unpaired) electrons. The van der Waals surface area contributed by atoms with Crippen LogP contribution in [0.25, 0.3) is 0 Å². The first-order valence-corrected chi connectivity index (χ1v) is 7.52. The Labute approximate surface area is 121 Å². The Hall–Kier alpha value is -1.26. The highest BCUT2D eigenvalue weighted by atomic mass is 16.5. The number of nitrogens with one attached hydrogen (secondary N) is 2. The molecule has 0 saturated heterocycles. The minimum atomic E-state index is 0.185. The molecule has 4 nitrogen and oxygen atoms in total. The zero-order chi connectivity index (χ0) is 14.5. The predicted octanol–water partition coefficient (Wildman–Crippen LogP) is 2.17. The summed E-state index contributed by atoms with van der Waals surface area (Å²) in [6, 6.07) is 6.86. The van der Waals surface area contributed by atoms with E-state index in [1.54, 1.807) is 0 Å². The SMILES string of the molecule is CCC(CO)NC(C)Cc1ccc2c(c1)NCC(C)O2. The number of rotatable bonds is 6. The van der Waals surface area contributed by atoms with E-state index in [4.69, 9.17) is 4.74 Å². The third-order valence-corrected chi connectivity index (χ3v) is 3.73. The summed E-state index contributed by atoms with van der Waals surface area (Å²) in [6.45, 7) is 7.35. The van der Waals surface area contributed by atoms with Crippen molar-refractivity contribution in [3.8, 4) is 5.75 Å². The summed E-state index contributed by atoms with van der Waals surface area (Å²) in [7, 11) is 0. The maximum Gasteiger partial charge on any atom is 0.142 e. The number of hydrogen-bond donors (Lipinski definition) is 3. The zero-order valence-electron chi connectivity index (χ0n) is 12.6. The van der Waals surface area contributed by atoms with E-state index >= 15 is 0 Å². The summed E-state index contributed by atoms with van der Waals surface area (Å²) in [5, 5.41) is 16.1. The van der Waals surface area contributed by atoms with Gasteiger partial charge in [0.1, 0.15) is 11.9 Å². The Morgan fingerprint density at radius 2 is 2.30 bits per heavy atom. The summed E-state index contributed by atoms with van der Waals surface area (Å²) in [5.41, 5.74) is 2.36. The van der Waals surface area contributed by atoms with E-state index in [9.17, 15) is 5.11 Å². The molecule has 4 heteroatoms. The Bertz CT molecular complexity index is 432. The number of ether oxygens (including phenoxy) is 1. The number of benzene rings is 1. The van der Waals surface area contributed by atoms with Gasteiger partial charge in [-0.1, -0.05) is 13.0 Å². The van der Waals surface area contributed by atoms with Gasteiger partial charge in [0.25, 0.3) is 0 Å². The fourth-order valence-electron chi connectivity index (χ4n) is 2.57. The van der Waals surface area contributed by atoms with Crippen LogP contribution in [-0.2, 0) is 6.42 Å². The van der Waals surface area contributed by atoms with Gasteiger partial charge < -0.3 is 20.5 Å². The van der Waals surface area contributed by atoms with E-state index in [0.29, 0.717) is 6.04 Å². The molecule has 2 rings (SSSR count). The van der Waals surface area contributed by atoms with Crippen LogP contribution in [0.4, 0.5) is 5.69 Å². The van der Waals surface area contributed by atoms with Crippen LogP contribution in [0.1, 0.15) is 32.8 Å². The molecule has 0 aliphatic carbocycles. The van der Waals surface area contributed by atoms with Crippen LogP contribution in [0.15, 0.2) is 18.2 Å². The summed E-state index contributed by atoms with van der Waals surface area (Å²) < 4.78 is 5.78. The highest BCUT2D eigenvalue weighted by Gasteiger charge is 2.16. The minimum Gasteiger partial charge on any atom is -0.487 e. The van der Waals surface area contributed by atoms with Crippen LogP contribution in [0, 0.1) is 0 Å². The second kappa shape index (κ2) is 6.95. The zero-order valence-corrected chi connectivity index (χ0v) is 12.6. The second-order valence-electron chi connectivity index (χ2n) is 5.70. The van der Waals surface area contributed by atoms with Crippen molar-refractivity contribution in [1.82, 2.24) is 5.32 Å². The Morgan fingerprint density at radius 1 is 1.50 bits per heavy atom. The van der Waals surface area contributed by atoms with Crippen LogP contribution in [-0.4, -0.2) is 36.4 Å². The predicted molar refractivity (Wildman–Crippen MR) is 82.5 cm³/mol. The van der Waals surface area contributed by atoms with Crippen molar-refractivity contribution in [2.24, 2.45) is 0 Å². The number of aliphatic hydroxyl groups excluding tert-OH is 1. The van der Waals surface area contributed by atoms with Crippen molar-refractivity contribution >= 4 is 5.69 Å². The minimum absolute atomic E-state index is 0.185. The molecule has 0 aromatic heterocycles. The van der Waals surface area contributed by atoms with E-state index in [1.807, 2.05) is 6.07 Å². The highest BCUT2D eigenvalue weighted by Crippen LogP contribution is 2.30. The Morgan fingerprint density at radius 3 is 3.00 bits per heavy atom. The van der Waals surface area contributed by atoms with Crippen molar-refractivity contribution in [1.29, 1.82) is 0 Å². The normalized spacial score (nSPS) is 20.5. The third-order valence-electron chi connectivity index (χ3n) is 3.73. The molecular formula is C16H26N2O2. The molecule has 0 saturated carbocycles. The van der Waals surface area contributed by atoms with Gasteiger partial charge in [-0.3, -0.25) is 0 Å². The lowest BCUT2D eigenvalue weighted by Gasteiger charge is -2.26. The average Bonchev–Trinajstić information content (AvgIpc) is 2.45. The van der Waals surface area contributed by atoms with Crippen LogP contribution in [0.3, 0.4) is 0 Å². The van der Waals surface area contributed by atoms with E-state index in [0.717, 1.165) is 30.8 Å². The van der Waals surface area contributed by atoms with Crippen LogP contribution >= 0.6 is 0 Å². The van der Waals surface area contributed by atoms with Crippen LogP contribution < -0.4 is 15.4 Å². The van der Waals surface area contributed by atoms with E-state index < -0.39 is 0 Å². The molecular weight excluding hydrogens is 252 g/mol.